The SMILES string of the molecule is CNC(=O)[C@@H]1CN(C(C)c2ccn(CC(F)(F)F)n2)C(=O)c2c3c(nn21)C[C@@H](C)N(C(=O)c1ccc(Cl)c(Cl)c1)C3. The van der Waals surface area contributed by atoms with E-state index in [9.17, 15) is 27.6 Å². The van der Waals surface area contributed by atoms with Crippen LogP contribution in [0.25, 0.3) is 0 Å². The van der Waals surface area contributed by atoms with E-state index in [4.69, 9.17) is 23.2 Å². The molecule has 10 nitrogen and oxygen atoms in total. The Morgan fingerprint density at radius 2 is 1.90 bits per heavy atom. The second-order valence-corrected chi connectivity index (χ2v) is 11.0. The van der Waals surface area contributed by atoms with Gasteiger partial charge in [0, 0.05) is 36.8 Å². The summed E-state index contributed by atoms with van der Waals surface area (Å²) in [5.41, 5.74) is 1.83. The van der Waals surface area contributed by atoms with Crippen molar-refractivity contribution in [1.29, 1.82) is 0 Å². The van der Waals surface area contributed by atoms with Gasteiger partial charge in [-0.25, -0.2) is 4.68 Å². The molecule has 1 unspecified atom stereocenters. The van der Waals surface area contributed by atoms with Gasteiger partial charge in [-0.3, -0.25) is 19.1 Å². The Labute approximate surface area is 243 Å². The molecule has 15 heteroatoms. The van der Waals surface area contributed by atoms with Crippen LogP contribution in [0.5, 0.6) is 0 Å². The number of hydrogen-bond acceptors (Lipinski definition) is 5. The van der Waals surface area contributed by atoms with Crippen molar-refractivity contribution in [2.75, 3.05) is 13.6 Å². The normalized spacial score (nSPS) is 19.6. The van der Waals surface area contributed by atoms with E-state index in [0.717, 1.165) is 4.68 Å². The lowest BCUT2D eigenvalue weighted by molar-refractivity contribution is -0.142. The van der Waals surface area contributed by atoms with Gasteiger partial charge in [-0.2, -0.15) is 23.4 Å². The molecule has 3 amide bonds. The number of aromatic nitrogens is 4. The second-order valence-electron chi connectivity index (χ2n) is 10.2. The van der Waals surface area contributed by atoms with E-state index >= 15 is 0 Å². The first-order chi connectivity index (χ1) is 19.3. The van der Waals surface area contributed by atoms with E-state index < -0.39 is 36.6 Å². The molecular weight excluding hydrogens is 586 g/mol. The standard InChI is InChI=1S/C26H26Cl2F3N7O3/c1-13-8-20-16(10-36(13)24(40)15-4-5-17(27)18(28)9-15)22-25(41)37(11-21(23(39)32-3)38(22)34-20)14(2)19-6-7-35(33-19)12-26(29,30)31/h4-7,9,13-14,21H,8,10-12H2,1-3H3,(H,32,39)/t13-,14?,21+/m1/s1. The molecule has 2 aliphatic heterocycles. The van der Waals surface area contributed by atoms with Gasteiger partial charge >= 0.3 is 6.18 Å². The molecule has 1 N–H and O–H groups in total. The predicted octanol–water partition coefficient (Wildman–Crippen LogP) is 4.04. The average molecular weight is 612 g/mol. The van der Waals surface area contributed by atoms with Crippen molar-refractivity contribution in [2.45, 2.75) is 57.7 Å². The maximum absolute atomic E-state index is 14.0. The number of halogens is 5. The molecule has 41 heavy (non-hydrogen) atoms. The first kappa shape index (κ1) is 28.9. The van der Waals surface area contributed by atoms with Gasteiger partial charge in [0.05, 0.1) is 40.6 Å². The molecule has 1 aromatic carbocycles. The lowest BCUT2D eigenvalue weighted by atomic mass is 9.96. The summed E-state index contributed by atoms with van der Waals surface area (Å²) in [6.07, 6.45) is -2.92. The van der Waals surface area contributed by atoms with Crippen LogP contribution in [0.15, 0.2) is 30.5 Å². The summed E-state index contributed by atoms with van der Waals surface area (Å²) in [6.45, 7) is 2.22. The smallest absolute Gasteiger partial charge is 0.357 e. The summed E-state index contributed by atoms with van der Waals surface area (Å²) in [6, 6.07) is 4.08. The van der Waals surface area contributed by atoms with Crippen molar-refractivity contribution in [3.63, 3.8) is 0 Å². The van der Waals surface area contributed by atoms with Gasteiger partial charge in [0.2, 0.25) is 5.91 Å². The van der Waals surface area contributed by atoms with Gasteiger partial charge in [-0.15, -0.1) is 0 Å². The molecule has 2 aliphatic rings. The molecule has 0 fully saturated rings. The van der Waals surface area contributed by atoms with Gasteiger partial charge in [0.1, 0.15) is 18.3 Å². The Morgan fingerprint density at radius 3 is 2.56 bits per heavy atom. The van der Waals surface area contributed by atoms with Gasteiger partial charge < -0.3 is 15.1 Å². The molecule has 5 rings (SSSR count). The Balaban J connectivity index is 1.50. The second kappa shape index (κ2) is 10.7. The molecule has 0 saturated carbocycles. The van der Waals surface area contributed by atoms with Crippen molar-refractivity contribution in [2.24, 2.45) is 0 Å². The van der Waals surface area contributed by atoms with Crippen molar-refractivity contribution in [1.82, 2.24) is 34.7 Å². The maximum Gasteiger partial charge on any atom is 0.408 e. The van der Waals surface area contributed by atoms with Crippen LogP contribution in [-0.4, -0.2) is 72.9 Å². The number of hydrogen-bond donors (Lipinski definition) is 1. The van der Waals surface area contributed by atoms with Crippen LogP contribution in [0.1, 0.15) is 63.7 Å². The molecule has 0 bridgehead atoms. The van der Waals surface area contributed by atoms with E-state index in [1.165, 1.54) is 41.0 Å². The number of nitrogens with one attached hydrogen (secondary N) is 1. The molecule has 4 heterocycles. The highest BCUT2D eigenvalue weighted by Gasteiger charge is 2.44. The molecule has 0 saturated heterocycles. The number of fused-ring (bicyclic) bond motifs is 3. The summed E-state index contributed by atoms with van der Waals surface area (Å²) < 4.78 is 40.8. The number of alkyl halides is 3. The Hall–Kier alpha value is -3.58. The number of likely N-dealkylation sites (N-methyl/N-ethyl adjacent to an activating group) is 1. The fourth-order valence-electron chi connectivity index (χ4n) is 5.29. The van der Waals surface area contributed by atoms with E-state index in [1.807, 2.05) is 6.92 Å². The quantitative estimate of drug-likeness (QED) is 0.469. The van der Waals surface area contributed by atoms with Crippen LogP contribution < -0.4 is 5.32 Å². The highest BCUT2D eigenvalue weighted by atomic mass is 35.5. The minimum absolute atomic E-state index is 0.0551. The van der Waals surface area contributed by atoms with Crippen LogP contribution in [0.3, 0.4) is 0 Å². The van der Waals surface area contributed by atoms with E-state index in [1.54, 1.807) is 17.9 Å². The molecule has 0 aliphatic carbocycles. The third kappa shape index (κ3) is 5.40. The number of carbonyl (C=O) groups is 3. The first-order valence-electron chi connectivity index (χ1n) is 12.8. The van der Waals surface area contributed by atoms with Crippen LogP contribution in [0.4, 0.5) is 13.2 Å². The summed E-state index contributed by atoms with van der Waals surface area (Å²) in [5.74, 6) is -1.17. The minimum atomic E-state index is -4.46. The van der Waals surface area contributed by atoms with Crippen molar-refractivity contribution >= 4 is 40.9 Å². The number of amides is 3. The summed E-state index contributed by atoms with van der Waals surface area (Å²) in [7, 11) is 1.47. The zero-order valence-electron chi connectivity index (χ0n) is 22.2. The topological polar surface area (TPSA) is 105 Å². The van der Waals surface area contributed by atoms with Gasteiger partial charge in [-0.1, -0.05) is 23.2 Å². The van der Waals surface area contributed by atoms with E-state index in [2.05, 4.69) is 15.5 Å². The van der Waals surface area contributed by atoms with Crippen LogP contribution in [-0.2, 0) is 24.3 Å². The fraction of sp³-hybridized carbons (Fsp3) is 0.423. The highest BCUT2D eigenvalue weighted by molar-refractivity contribution is 6.42. The van der Waals surface area contributed by atoms with Crippen molar-refractivity contribution < 1.29 is 27.6 Å². The first-order valence-corrected chi connectivity index (χ1v) is 13.5. The monoisotopic (exact) mass is 611 g/mol. The summed E-state index contributed by atoms with van der Waals surface area (Å²) >= 11 is 12.1. The zero-order valence-corrected chi connectivity index (χ0v) is 23.8. The highest BCUT2D eigenvalue weighted by Crippen LogP contribution is 2.35. The minimum Gasteiger partial charge on any atom is -0.357 e. The molecule has 3 aromatic rings. The fourth-order valence-corrected chi connectivity index (χ4v) is 5.59. The number of rotatable bonds is 5. The Kier molecular flexibility index (Phi) is 7.53. The predicted molar refractivity (Wildman–Crippen MR) is 143 cm³/mol. The molecular formula is C26H26Cl2F3N7O3. The van der Waals surface area contributed by atoms with Crippen molar-refractivity contribution in [3.05, 3.63) is 68.7 Å². The van der Waals surface area contributed by atoms with Crippen LogP contribution in [0.2, 0.25) is 10.0 Å². The number of benzene rings is 1. The van der Waals surface area contributed by atoms with Gasteiger partial charge in [0.15, 0.2) is 0 Å². The molecule has 0 spiro atoms. The third-order valence-electron chi connectivity index (χ3n) is 7.44. The summed E-state index contributed by atoms with van der Waals surface area (Å²) in [4.78, 5) is 43.4. The average Bonchev–Trinajstić information content (AvgIpc) is 3.52. The Morgan fingerprint density at radius 1 is 1.17 bits per heavy atom. The largest absolute Gasteiger partial charge is 0.408 e. The van der Waals surface area contributed by atoms with E-state index in [-0.39, 0.29) is 41.4 Å². The number of nitrogens with zero attached hydrogens (tertiary/aromatic N) is 6. The number of carbonyl (C=O) groups excluding carboxylic acids is 3. The van der Waals surface area contributed by atoms with Crippen LogP contribution >= 0.6 is 23.2 Å². The van der Waals surface area contributed by atoms with Crippen molar-refractivity contribution in [3.8, 4) is 0 Å². The lowest BCUT2D eigenvalue weighted by Crippen LogP contribution is -2.49. The molecule has 218 valence electrons. The maximum atomic E-state index is 14.0. The summed E-state index contributed by atoms with van der Waals surface area (Å²) in [5, 5.41) is 11.8. The van der Waals surface area contributed by atoms with Crippen LogP contribution in [0, 0.1) is 0 Å². The molecule has 0 radical (unpaired) electrons. The lowest BCUT2D eigenvalue weighted by Gasteiger charge is -2.37. The zero-order chi connectivity index (χ0) is 29.8. The molecule has 3 atom stereocenters. The Bertz CT molecular complexity index is 1540. The van der Waals surface area contributed by atoms with Gasteiger partial charge in [0.25, 0.3) is 11.8 Å². The van der Waals surface area contributed by atoms with Gasteiger partial charge in [-0.05, 0) is 38.1 Å². The third-order valence-corrected chi connectivity index (χ3v) is 8.18. The van der Waals surface area contributed by atoms with E-state index in [0.29, 0.717) is 28.3 Å². The molecule has 2 aromatic heterocycles.